The fraction of sp³-hybridized carbons (Fsp3) is 0.636. The molecule has 0 aliphatic heterocycles. The van der Waals surface area contributed by atoms with Gasteiger partial charge in [0, 0.05) is 5.54 Å². The zero-order chi connectivity index (χ0) is 9.15. The molecule has 2 heteroatoms. The third-order valence-corrected chi connectivity index (χ3v) is 3.59. The fourth-order valence-corrected chi connectivity index (χ4v) is 2.35. The van der Waals surface area contributed by atoms with Crippen molar-refractivity contribution >= 4 is 11.3 Å². The van der Waals surface area contributed by atoms with Crippen molar-refractivity contribution in [2.75, 3.05) is 0 Å². The van der Waals surface area contributed by atoms with Crippen LogP contribution in [0.2, 0.25) is 0 Å². The summed E-state index contributed by atoms with van der Waals surface area (Å²) in [5.74, 6) is 0. The second-order valence-corrected chi connectivity index (χ2v) is 4.98. The SMILES string of the molecule is NC1(CCCCc2ccsc2)CC1. The van der Waals surface area contributed by atoms with E-state index in [1.807, 2.05) is 0 Å². The van der Waals surface area contributed by atoms with Crippen LogP contribution in [-0.2, 0) is 6.42 Å². The molecule has 0 atom stereocenters. The molecule has 0 spiro atoms. The Morgan fingerprint density at radius 2 is 2.23 bits per heavy atom. The molecule has 0 amide bonds. The molecular weight excluding hydrogens is 178 g/mol. The van der Waals surface area contributed by atoms with E-state index in [2.05, 4.69) is 16.8 Å². The van der Waals surface area contributed by atoms with Crippen LogP contribution in [0.15, 0.2) is 16.8 Å². The second kappa shape index (κ2) is 3.81. The highest BCUT2D eigenvalue weighted by Gasteiger charge is 2.36. The average Bonchev–Trinajstić information content (AvgIpc) is 2.69. The van der Waals surface area contributed by atoms with Gasteiger partial charge in [0.15, 0.2) is 0 Å². The summed E-state index contributed by atoms with van der Waals surface area (Å²) >= 11 is 1.79. The molecular formula is C11H17NS. The lowest BCUT2D eigenvalue weighted by Gasteiger charge is -2.06. The molecule has 0 aromatic carbocycles. The summed E-state index contributed by atoms with van der Waals surface area (Å²) in [5, 5.41) is 4.40. The molecule has 1 fully saturated rings. The summed E-state index contributed by atoms with van der Waals surface area (Å²) in [6.45, 7) is 0. The lowest BCUT2D eigenvalue weighted by atomic mass is 10.1. The number of unbranched alkanes of at least 4 members (excludes halogenated alkanes) is 1. The first-order chi connectivity index (χ1) is 6.29. The topological polar surface area (TPSA) is 26.0 Å². The summed E-state index contributed by atoms with van der Waals surface area (Å²) in [5.41, 5.74) is 7.76. The minimum atomic E-state index is 0.259. The molecule has 0 bridgehead atoms. The summed E-state index contributed by atoms with van der Waals surface area (Å²) in [6.07, 6.45) is 7.58. The van der Waals surface area contributed by atoms with E-state index in [1.165, 1.54) is 44.1 Å². The number of rotatable bonds is 5. The van der Waals surface area contributed by atoms with Crippen LogP contribution in [0.4, 0.5) is 0 Å². The Morgan fingerprint density at radius 3 is 2.85 bits per heavy atom. The van der Waals surface area contributed by atoms with Gasteiger partial charge >= 0.3 is 0 Å². The summed E-state index contributed by atoms with van der Waals surface area (Å²) in [4.78, 5) is 0. The predicted molar refractivity (Wildman–Crippen MR) is 58.0 cm³/mol. The Morgan fingerprint density at radius 1 is 1.38 bits per heavy atom. The van der Waals surface area contributed by atoms with Gasteiger partial charge < -0.3 is 5.73 Å². The highest BCUT2D eigenvalue weighted by Crippen LogP contribution is 2.37. The van der Waals surface area contributed by atoms with Crippen LogP contribution >= 0.6 is 11.3 Å². The Hall–Kier alpha value is -0.340. The molecule has 72 valence electrons. The third-order valence-electron chi connectivity index (χ3n) is 2.86. The largest absolute Gasteiger partial charge is 0.325 e. The van der Waals surface area contributed by atoms with Crippen LogP contribution in [0.5, 0.6) is 0 Å². The molecule has 1 aliphatic rings. The quantitative estimate of drug-likeness (QED) is 0.718. The molecule has 1 saturated carbocycles. The maximum Gasteiger partial charge on any atom is 0.0155 e. The minimum absolute atomic E-state index is 0.259. The maximum absolute atomic E-state index is 6.01. The molecule has 13 heavy (non-hydrogen) atoms. The van der Waals surface area contributed by atoms with E-state index in [0.717, 1.165) is 0 Å². The second-order valence-electron chi connectivity index (χ2n) is 4.20. The smallest absolute Gasteiger partial charge is 0.0155 e. The van der Waals surface area contributed by atoms with Gasteiger partial charge in [-0.2, -0.15) is 11.3 Å². The Balaban J connectivity index is 1.59. The number of hydrogen-bond acceptors (Lipinski definition) is 2. The molecule has 0 radical (unpaired) electrons. The Labute approximate surface area is 84.0 Å². The molecule has 2 N–H and O–H groups in total. The number of aryl methyl sites for hydroxylation is 1. The van der Waals surface area contributed by atoms with Crippen molar-refractivity contribution < 1.29 is 0 Å². The van der Waals surface area contributed by atoms with Crippen LogP contribution < -0.4 is 5.73 Å². The summed E-state index contributed by atoms with van der Waals surface area (Å²) in [6, 6.07) is 2.22. The minimum Gasteiger partial charge on any atom is -0.325 e. The molecule has 1 nitrogen and oxygen atoms in total. The van der Waals surface area contributed by atoms with Crippen molar-refractivity contribution in [3.63, 3.8) is 0 Å². The zero-order valence-electron chi connectivity index (χ0n) is 7.96. The lowest BCUT2D eigenvalue weighted by Crippen LogP contribution is -2.20. The molecule has 1 heterocycles. The molecule has 2 rings (SSSR count). The standard InChI is InChI=1S/C11H17NS/c12-11(6-7-11)5-2-1-3-10-4-8-13-9-10/h4,8-9H,1-3,5-7,12H2. The normalized spacial score (nSPS) is 18.8. The first-order valence-electron chi connectivity index (χ1n) is 5.08. The molecule has 1 aromatic rings. The molecule has 0 unspecified atom stereocenters. The van der Waals surface area contributed by atoms with Gasteiger partial charge in [-0.05, 0) is 54.5 Å². The average molecular weight is 195 g/mol. The van der Waals surface area contributed by atoms with Gasteiger partial charge in [-0.25, -0.2) is 0 Å². The summed E-state index contributed by atoms with van der Waals surface area (Å²) < 4.78 is 0. The van der Waals surface area contributed by atoms with E-state index >= 15 is 0 Å². The van der Waals surface area contributed by atoms with Crippen LogP contribution in [0, 0.1) is 0 Å². The van der Waals surface area contributed by atoms with Crippen molar-refractivity contribution in [3.05, 3.63) is 22.4 Å². The maximum atomic E-state index is 6.01. The van der Waals surface area contributed by atoms with Crippen LogP contribution in [-0.4, -0.2) is 5.54 Å². The van der Waals surface area contributed by atoms with Crippen molar-refractivity contribution in [1.82, 2.24) is 0 Å². The molecule has 0 saturated heterocycles. The van der Waals surface area contributed by atoms with E-state index in [-0.39, 0.29) is 5.54 Å². The zero-order valence-corrected chi connectivity index (χ0v) is 8.78. The van der Waals surface area contributed by atoms with Gasteiger partial charge in [-0.1, -0.05) is 6.42 Å². The van der Waals surface area contributed by atoms with E-state index in [1.54, 1.807) is 11.3 Å². The Bertz CT molecular complexity index is 249. The number of hydrogen-bond donors (Lipinski definition) is 1. The summed E-state index contributed by atoms with van der Waals surface area (Å²) in [7, 11) is 0. The van der Waals surface area contributed by atoms with Crippen LogP contribution in [0.25, 0.3) is 0 Å². The van der Waals surface area contributed by atoms with Crippen LogP contribution in [0.3, 0.4) is 0 Å². The molecule has 1 aliphatic carbocycles. The van der Waals surface area contributed by atoms with E-state index in [4.69, 9.17) is 5.73 Å². The van der Waals surface area contributed by atoms with Gasteiger partial charge in [0.25, 0.3) is 0 Å². The van der Waals surface area contributed by atoms with Gasteiger partial charge in [0.05, 0.1) is 0 Å². The van der Waals surface area contributed by atoms with Crippen molar-refractivity contribution in [2.24, 2.45) is 5.73 Å². The van der Waals surface area contributed by atoms with E-state index in [0.29, 0.717) is 0 Å². The molecule has 1 aromatic heterocycles. The van der Waals surface area contributed by atoms with Crippen molar-refractivity contribution in [1.29, 1.82) is 0 Å². The highest BCUT2D eigenvalue weighted by molar-refractivity contribution is 7.07. The lowest BCUT2D eigenvalue weighted by molar-refractivity contribution is 0.556. The van der Waals surface area contributed by atoms with Gasteiger partial charge in [-0.15, -0.1) is 0 Å². The van der Waals surface area contributed by atoms with Gasteiger partial charge in [0.2, 0.25) is 0 Å². The van der Waals surface area contributed by atoms with Gasteiger partial charge in [0.1, 0.15) is 0 Å². The number of thiophene rings is 1. The monoisotopic (exact) mass is 195 g/mol. The predicted octanol–water partition coefficient (Wildman–Crippen LogP) is 2.95. The first-order valence-corrected chi connectivity index (χ1v) is 6.03. The first kappa shape index (κ1) is 9.22. The highest BCUT2D eigenvalue weighted by atomic mass is 32.1. The van der Waals surface area contributed by atoms with Crippen molar-refractivity contribution in [2.45, 2.75) is 44.1 Å². The third kappa shape index (κ3) is 2.82. The van der Waals surface area contributed by atoms with E-state index < -0.39 is 0 Å². The van der Waals surface area contributed by atoms with Crippen LogP contribution in [0.1, 0.15) is 37.7 Å². The number of nitrogens with two attached hydrogens (primary N) is 1. The Kier molecular flexibility index (Phi) is 2.70. The fourth-order valence-electron chi connectivity index (χ4n) is 1.65. The van der Waals surface area contributed by atoms with E-state index in [9.17, 15) is 0 Å². The van der Waals surface area contributed by atoms with Gasteiger partial charge in [-0.3, -0.25) is 0 Å². The van der Waals surface area contributed by atoms with Crippen molar-refractivity contribution in [3.8, 4) is 0 Å².